The summed E-state index contributed by atoms with van der Waals surface area (Å²) in [4.78, 5) is 86.9. The van der Waals surface area contributed by atoms with Crippen LogP contribution in [0.15, 0.2) is 41.9 Å². The van der Waals surface area contributed by atoms with Gasteiger partial charge in [-0.15, -0.1) is 11.3 Å². The first-order valence-electron chi connectivity index (χ1n) is 25.2. The minimum atomic E-state index is -1.17. The number of benzene rings is 1. The standard InChI is InChI=1S/C53H76N6O8S/c1-32-44(68-31-55-32)34-17-15-33(16-18-34)29-54-47(64)40-28-35(60)30-59(40)48(65)45(50(2,3)4)57-42(61)14-12-10-9-11-13-27-67-49(66)51(5,6)58-46(63)39-21-20-37-36-19-22-41-53(8,26-24-43(62)56-41)38(36)23-25-52(37,39)7/h15-18,24,26,31,35-41,45,60H,9-14,19-23,25,27-30H2,1-8H3,(H,54,64)(H,56,62)(H,57,61)(H,58,63)/t35-,36+,37+,38+,39-,40+,41-,45-,52+,53-/m1/s1. The number of aliphatic hydroxyl groups is 1. The molecule has 1 saturated heterocycles. The van der Waals surface area contributed by atoms with Gasteiger partial charge in [-0.1, -0.05) is 84.2 Å². The van der Waals surface area contributed by atoms with E-state index < -0.39 is 41.0 Å². The fourth-order valence-electron chi connectivity index (χ4n) is 12.5. The number of hydrogen-bond donors (Lipinski definition) is 5. The Hall–Kier alpha value is -4.63. The van der Waals surface area contributed by atoms with Gasteiger partial charge in [-0.05, 0) is 118 Å². The van der Waals surface area contributed by atoms with Gasteiger partial charge in [0.2, 0.25) is 29.5 Å². The van der Waals surface area contributed by atoms with Gasteiger partial charge in [0.15, 0.2) is 0 Å². The molecule has 0 radical (unpaired) electrons. The Morgan fingerprint density at radius 2 is 1.66 bits per heavy atom. The summed E-state index contributed by atoms with van der Waals surface area (Å²) < 4.78 is 5.68. The number of aromatic nitrogens is 1. The third kappa shape index (κ3) is 11.0. The minimum Gasteiger partial charge on any atom is -0.464 e. The first-order chi connectivity index (χ1) is 32.1. The molecular weight excluding hydrogens is 881 g/mol. The summed E-state index contributed by atoms with van der Waals surface area (Å²) in [5.74, 6) is -0.270. The largest absolute Gasteiger partial charge is 0.464 e. The van der Waals surface area contributed by atoms with Gasteiger partial charge in [0, 0.05) is 43.3 Å². The average molecular weight is 957 g/mol. The molecule has 7 rings (SSSR count). The number of nitrogens with one attached hydrogen (secondary N) is 4. The van der Waals surface area contributed by atoms with Crippen molar-refractivity contribution in [3.05, 3.63) is 53.2 Å². The predicted octanol–water partition coefficient (Wildman–Crippen LogP) is 6.92. The minimum absolute atomic E-state index is 0.00111. The quantitative estimate of drug-likeness (QED) is 0.0826. The number of fused-ring (bicyclic) bond motifs is 5. The molecule has 14 nitrogen and oxygen atoms in total. The Kier molecular flexibility index (Phi) is 15.6. The van der Waals surface area contributed by atoms with Crippen molar-refractivity contribution in [2.75, 3.05) is 13.2 Å². The molecule has 3 heterocycles. The number of aliphatic hydroxyl groups excluding tert-OH is 1. The lowest BCUT2D eigenvalue weighted by molar-refractivity contribution is -0.154. The number of unbranched alkanes of at least 4 members (excludes halogenated alkanes) is 4. The van der Waals surface area contributed by atoms with Crippen molar-refractivity contribution in [1.29, 1.82) is 0 Å². The van der Waals surface area contributed by atoms with E-state index in [1.165, 1.54) is 4.90 Å². The number of esters is 1. The highest BCUT2D eigenvalue weighted by molar-refractivity contribution is 7.13. The molecule has 2 aliphatic heterocycles. The molecule has 0 spiro atoms. The summed E-state index contributed by atoms with van der Waals surface area (Å²) in [6.45, 7) is 16.1. The molecule has 1 aromatic heterocycles. The number of β-amino-alcohol motifs (C(OH)–C–C–N with tert-alkyl or cyclic N) is 1. The van der Waals surface area contributed by atoms with E-state index in [1.54, 1.807) is 31.3 Å². The van der Waals surface area contributed by atoms with Crippen molar-refractivity contribution in [3.8, 4) is 10.4 Å². The van der Waals surface area contributed by atoms with E-state index in [4.69, 9.17) is 4.74 Å². The molecule has 5 N–H and O–H groups in total. The van der Waals surface area contributed by atoms with E-state index in [0.29, 0.717) is 30.6 Å². The number of thiazole rings is 1. The highest BCUT2D eigenvalue weighted by Gasteiger charge is 2.61. The zero-order valence-corrected chi connectivity index (χ0v) is 42.4. The normalized spacial score (nSPS) is 29.2. The number of carbonyl (C=O) groups excluding carboxylic acids is 6. The van der Waals surface area contributed by atoms with Gasteiger partial charge in [0.25, 0.3) is 0 Å². The second-order valence-corrected chi connectivity index (χ2v) is 23.5. The molecule has 3 aliphatic carbocycles. The van der Waals surface area contributed by atoms with Crippen LogP contribution in [0.2, 0.25) is 0 Å². The second kappa shape index (κ2) is 20.8. The van der Waals surface area contributed by atoms with Crippen LogP contribution >= 0.6 is 11.3 Å². The molecule has 3 saturated carbocycles. The van der Waals surface area contributed by atoms with Crippen molar-refractivity contribution in [2.45, 2.75) is 175 Å². The molecule has 5 aliphatic rings. The maximum atomic E-state index is 14.0. The third-order valence-corrected chi connectivity index (χ3v) is 17.4. The van der Waals surface area contributed by atoms with Gasteiger partial charge in [-0.2, -0.15) is 0 Å². The number of hydrogen-bond acceptors (Lipinski definition) is 10. The predicted molar refractivity (Wildman–Crippen MR) is 261 cm³/mol. The fourth-order valence-corrected chi connectivity index (χ4v) is 13.3. The molecule has 68 heavy (non-hydrogen) atoms. The summed E-state index contributed by atoms with van der Waals surface area (Å²) in [6.07, 6.45) is 12.8. The molecule has 15 heteroatoms. The first-order valence-corrected chi connectivity index (χ1v) is 26.0. The summed E-state index contributed by atoms with van der Waals surface area (Å²) in [7, 11) is 0. The maximum Gasteiger partial charge on any atom is 0.331 e. The van der Waals surface area contributed by atoms with Crippen molar-refractivity contribution in [3.63, 3.8) is 0 Å². The van der Waals surface area contributed by atoms with Gasteiger partial charge in [0.1, 0.15) is 17.6 Å². The van der Waals surface area contributed by atoms with Crippen LogP contribution in [0.3, 0.4) is 0 Å². The lowest BCUT2D eigenvalue weighted by Gasteiger charge is -2.58. The Morgan fingerprint density at radius 3 is 2.37 bits per heavy atom. The van der Waals surface area contributed by atoms with Crippen molar-refractivity contribution in [2.24, 2.45) is 39.9 Å². The van der Waals surface area contributed by atoms with E-state index in [-0.39, 0.29) is 79.0 Å². The molecule has 2 aromatic rings. The zero-order valence-electron chi connectivity index (χ0n) is 41.6. The molecule has 5 amide bonds. The van der Waals surface area contributed by atoms with Crippen LogP contribution in [-0.4, -0.2) is 93.4 Å². The monoisotopic (exact) mass is 957 g/mol. The Morgan fingerprint density at radius 1 is 0.941 bits per heavy atom. The third-order valence-electron chi connectivity index (χ3n) is 16.4. The van der Waals surface area contributed by atoms with Crippen LogP contribution in [0.4, 0.5) is 0 Å². The van der Waals surface area contributed by atoms with Gasteiger partial charge in [-0.3, -0.25) is 24.0 Å². The van der Waals surface area contributed by atoms with Crippen LogP contribution in [0.25, 0.3) is 10.4 Å². The van der Waals surface area contributed by atoms with E-state index in [9.17, 15) is 33.9 Å². The van der Waals surface area contributed by atoms with Gasteiger partial charge in [0.05, 0.1) is 28.8 Å². The Labute approximate surface area is 407 Å². The number of ether oxygens (including phenoxy) is 1. The fraction of sp³-hybridized carbons (Fsp3) is 0.679. The van der Waals surface area contributed by atoms with E-state index in [0.717, 1.165) is 79.5 Å². The Balaban J connectivity index is 0.797. The van der Waals surface area contributed by atoms with Crippen LogP contribution in [0.1, 0.15) is 143 Å². The summed E-state index contributed by atoms with van der Waals surface area (Å²) in [5.41, 5.74) is 2.72. The molecule has 372 valence electrons. The van der Waals surface area contributed by atoms with E-state index in [1.807, 2.05) is 57.5 Å². The highest BCUT2D eigenvalue weighted by Crippen LogP contribution is 2.65. The number of aryl methyl sites for hydroxylation is 1. The van der Waals surface area contributed by atoms with Crippen molar-refractivity contribution < 1.29 is 38.6 Å². The number of nitrogens with zero attached hydrogens (tertiary/aromatic N) is 2. The number of carbonyl (C=O) groups is 6. The van der Waals surface area contributed by atoms with Crippen LogP contribution in [0, 0.1) is 46.8 Å². The summed E-state index contributed by atoms with van der Waals surface area (Å²) in [5, 5.41) is 22.8. The smallest absolute Gasteiger partial charge is 0.331 e. The zero-order chi connectivity index (χ0) is 49.2. The Bertz CT molecular complexity index is 2220. The second-order valence-electron chi connectivity index (χ2n) is 22.6. The van der Waals surface area contributed by atoms with Gasteiger partial charge in [-0.25, -0.2) is 9.78 Å². The molecule has 0 bridgehead atoms. The first kappa shape index (κ1) is 51.2. The average Bonchev–Trinajstić information content (AvgIpc) is 4.01. The molecular formula is C53H76N6O8S. The van der Waals surface area contributed by atoms with Crippen molar-refractivity contribution >= 4 is 46.8 Å². The molecule has 0 unspecified atom stereocenters. The highest BCUT2D eigenvalue weighted by atomic mass is 32.1. The summed E-state index contributed by atoms with van der Waals surface area (Å²) >= 11 is 1.58. The lowest BCUT2D eigenvalue weighted by atomic mass is 9.48. The SMILES string of the molecule is Cc1ncsc1-c1ccc(CNC(=O)[C@@H]2C[C@@H](O)CN2C(=O)[C@@H](NC(=O)CCCCCCCOC(=O)C(C)(C)NC(=O)[C@H]2CC[C@H]3[C@@H]4CC[C@H]5NC(=O)C=C[C@]5(C)[C@H]4CC[C@]23C)C(C)(C)C)cc1. The van der Waals surface area contributed by atoms with E-state index >= 15 is 0 Å². The number of rotatable bonds is 17. The van der Waals surface area contributed by atoms with Crippen molar-refractivity contribution in [1.82, 2.24) is 31.2 Å². The summed E-state index contributed by atoms with van der Waals surface area (Å²) in [6, 6.07) is 6.31. The number of likely N-dealkylation sites (tertiary alicyclic amines) is 1. The number of amides is 5. The van der Waals surface area contributed by atoms with E-state index in [2.05, 4.69) is 46.2 Å². The van der Waals surface area contributed by atoms with Gasteiger partial charge < -0.3 is 36.0 Å². The maximum absolute atomic E-state index is 14.0. The molecule has 4 fully saturated rings. The molecule has 1 aromatic carbocycles. The van der Waals surface area contributed by atoms with Crippen LogP contribution in [0.5, 0.6) is 0 Å². The van der Waals surface area contributed by atoms with Crippen LogP contribution in [-0.2, 0) is 40.0 Å². The lowest BCUT2D eigenvalue weighted by Crippen LogP contribution is -2.60. The topological polar surface area (TPSA) is 196 Å². The van der Waals surface area contributed by atoms with Gasteiger partial charge >= 0.3 is 5.97 Å². The molecule has 10 atom stereocenters. The van der Waals surface area contributed by atoms with Crippen LogP contribution < -0.4 is 21.3 Å².